The van der Waals surface area contributed by atoms with E-state index in [0.29, 0.717) is 7.92 Å². The van der Waals surface area contributed by atoms with Gasteiger partial charge in [-0.15, -0.1) is 0 Å². The van der Waals surface area contributed by atoms with Crippen LogP contribution < -0.4 is 0 Å². The zero-order valence-electron chi connectivity index (χ0n) is 13.5. The molecule has 0 spiro atoms. The molecule has 0 aliphatic heterocycles. The molecule has 21 heavy (non-hydrogen) atoms. The molecule has 0 amide bonds. The van der Waals surface area contributed by atoms with Crippen LogP contribution in [0, 0.1) is 0 Å². The van der Waals surface area contributed by atoms with Crippen LogP contribution in [0.15, 0.2) is 0 Å². The predicted octanol–water partition coefficient (Wildman–Crippen LogP) is 7.15. The molecule has 3 aliphatic rings. The molecule has 0 heterocycles. The molecule has 3 fully saturated rings. The molecule has 0 bridgehead atoms. The van der Waals surface area contributed by atoms with Gasteiger partial charge in [-0.3, -0.25) is 0 Å². The van der Waals surface area contributed by atoms with Crippen molar-refractivity contribution in [2.75, 3.05) is 0 Å². The second kappa shape index (κ2) is 11.0. The Labute approximate surface area is 148 Å². The van der Waals surface area contributed by atoms with Gasteiger partial charge in [0, 0.05) is 0 Å². The van der Waals surface area contributed by atoms with E-state index in [0.717, 1.165) is 0 Å². The third kappa shape index (κ3) is 5.75. The van der Waals surface area contributed by atoms with E-state index in [4.69, 9.17) is 0 Å². The van der Waals surface area contributed by atoms with Crippen molar-refractivity contribution in [2.45, 2.75) is 113 Å². The third-order valence-corrected chi connectivity index (χ3v) is 10.1. The van der Waals surface area contributed by atoms with Gasteiger partial charge in [0.05, 0.1) is 0 Å². The van der Waals surface area contributed by atoms with Crippen LogP contribution in [0.3, 0.4) is 0 Å². The summed E-state index contributed by atoms with van der Waals surface area (Å²) in [5.41, 5.74) is 3.57. The van der Waals surface area contributed by atoms with E-state index in [1.54, 1.807) is 77.0 Å². The maximum absolute atomic E-state index is 4.49. The molecule has 3 aliphatic carbocycles. The topological polar surface area (TPSA) is 0 Å². The SMILES string of the molecule is C1CCC(P(C2CCCCC2)C2CCCCC2)CC1.[Cl][Pd]. The molecular weight excluding hydrogens is 389 g/mol. The molecule has 0 aromatic heterocycles. The van der Waals surface area contributed by atoms with Gasteiger partial charge in [-0.25, -0.2) is 0 Å². The van der Waals surface area contributed by atoms with Crippen LogP contribution in [0.4, 0.5) is 0 Å². The number of hydrogen-bond donors (Lipinski definition) is 0. The Balaban J connectivity index is 0.000000774. The Morgan fingerprint density at radius 3 is 0.952 bits per heavy atom. The molecule has 3 saturated carbocycles. The first-order valence-electron chi connectivity index (χ1n) is 9.34. The molecule has 0 aromatic carbocycles. The van der Waals surface area contributed by atoms with Gasteiger partial charge in [-0.2, -0.15) is 0 Å². The van der Waals surface area contributed by atoms with E-state index in [2.05, 4.69) is 27.7 Å². The quantitative estimate of drug-likeness (QED) is 0.335. The fourth-order valence-electron chi connectivity index (χ4n) is 5.03. The fourth-order valence-corrected chi connectivity index (χ4v) is 9.71. The molecule has 127 valence electrons. The first-order valence-corrected chi connectivity index (χ1v) is 12.9. The van der Waals surface area contributed by atoms with Gasteiger partial charge in [0.15, 0.2) is 0 Å². The number of rotatable bonds is 3. The molecule has 0 nitrogen and oxygen atoms in total. The van der Waals surface area contributed by atoms with Crippen molar-refractivity contribution in [3.8, 4) is 0 Å². The molecular formula is C18H33ClPPd. The molecule has 0 aromatic rings. The van der Waals surface area contributed by atoms with E-state index < -0.39 is 0 Å². The molecule has 0 radical (unpaired) electrons. The van der Waals surface area contributed by atoms with Crippen LogP contribution in [0.2, 0.25) is 0 Å². The van der Waals surface area contributed by atoms with Crippen LogP contribution in [0.5, 0.6) is 0 Å². The summed E-state index contributed by atoms with van der Waals surface area (Å²) in [4.78, 5) is 0. The average Bonchev–Trinajstić information content (AvgIpc) is 2.60. The van der Waals surface area contributed by atoms with Gasteiger partial charge >= 0.3 is 27.7 Å². The minimum absolute atomic E-state index is 0.385. The van der Waals surface area contributed by atoms with Gasteiger partial charge in [-0.05, 0) is 55.5 Å². The Kier molecular flexibility index (Phi) is 9.83. The van der Waals surface area contributed by atoms with E-state index >= 15 is 0 Å². The van der Waals surface area contributed by atoms with Crippen molar-refractivity contribution in [1.82, 2.24) is 0 Å². The summed E-state index contributed by atoms with van der Waals surface area (Å²) >= 11 is 2.22. The average molecular weight is 422 g/mol. The van der Waals surface area contributed by atoms with Crippen LogP contribution in [-0.4, -0.2) is 17.0 Å². The second-order valence-corrected chi connectivity index (χ2v) is 10.4. The van der Waals surface area contributed by atoms with Crippen molar-refractivity contribution >= 4 is 17.5 Å². The Hall–Kier alpha value is 1.38. The predicted molar refractivity (Wildman–Crippen MR) is 93.4 cm³/mol. The summed E-state index contributed by atoms with van der Waals surface area (Å²) in [6, 6.07) is 0. The first kappa shape index (κ1) is 18.7. The van der Waals surface area contributed by atoms with E-state index in [1.165, 1.54) is 36.2 Å². The fraction of sp³-hybridized carbons (Fsp3) is 1.00. The summed E-state index contributed by atoms with van der Waals surface area (Å²) in [5, 5.41) is 0. The maximum atomic E-state index is 4.49. The third-order valence-electron chi connectivity index (χ3n) is 5.99. The number of halogens is 1. The van der Waals surface area contributed by atoms with Crippen molar-refractivity contribution in [2.24, 2.45) is 0 Å². The van der Waals surface area contributed by atoms with Gasteiger partial charge in [0.2, 0.25) is 0 Å². The van der Waals surface area contributed by atoms with E-state index in [1.807, 2.05) is 0 Å². The zero-order chi connectivity index (χ0) is 14.9. The summed E-state index contributed by atoms with van der Waals surface area (Å²) in [6.45, 7) is 0. The molecule has 3 rings (SSSR count). The van der Waals surface area contributed by atoms with Crippen molar-refractivity contribution in [3.05, 3.63) is 0 Å². The van der Waals surface area contributed by atoms with Crippen molar-refractivity contribution in [3.63, 3.8) is 0 Å². The zero-order valence-corrected chi connectivity index (χ0v) is 16.7. The van der Waals surface area contributed by atoms with Gasteiger partial charge in [0.25, 0.3) is 0 Å². The summed E-state index contributed by atoms with van der Waals surface area (Å²) in [5.74, 6) is 0. The summed E-state index contributed by atoms with van der Waals surface area (Å²) in [6.07, 6.45) is 23.6. The summed E-state index contributed by atoms with van der Waals surface area (Å²) in [7, 11) is 4.87. The summed E-state index contributed by atoms with van der Waals surface area (Å²) < 4.78 is 0. The number of hydrogen-bond acceptors (Lipinski definition) is 0. The molecule has 0 atom stereocenters. The Morgan fingerprint density at radius 1 is 0.476 bits per heavy atom. The second-order valence-electron chi connectivity index (χ2n) is 7.32. The van der Waals surface area contributed by atoms with E-state index in [-0.39, 0.29) is 0 Å². The Bertz CT molecular complexity index is 213. The van der Waals surface area contributed by atoms with Gasteiger partial charge in [0.1, 0.15) is 0 Å². The van der Waals surface area contributed by atoms with Crippen LogP contribution in [0.25, 0.3) is 0 Å². The first-order chi connectivity index (χ1) is 10.4. The van der Waals surface area contributed by atoms with Crippen LogP contribution >= 0.6 is 17.5 Å². The monoisotopic (exact) mass is 421 g/mol. The molecule has 0 N–H and O–H groups in total. The van der Waals surface area contributed by atoms with Crippen molar-refractivity contribution in [1.29, 1.82) is 0 Å². The molecule has 3 heteroatoms. The normalized spacial score (nSPS) is 26.5. The molecule has 0 saturated heterocycles. The van der Waals surface area contributed by atoms with E-state index in [9.17, 15) is 0 Å². The van der Waals surface area contributed by atoms with Crippen molar-refractivity contribution < 1.29 is 18.2 Å². The van der Waals surface area contributed by atoms with Gasteiger partial charge in [-0.1, -0.05) is 65.7 Å². The minimum atomic E-state index is 0.385. The Morgan fingerprint density at radius 2 is 0.714 bits per heavy atom. The van der Waals surface area contributed by atoms with Crippen LogP contribution in [0.1, 0.15) is 96.3 Å². The van der Waals surface area contributed by atoms with Crippen LogP contribution in [-0.2, 0) is 18.2 Å². The molecule has 0 unspecified atom stereocenters. The van der Waals surface area contributed by atoms with Gasteiger partial charge < -0.3 is 0 Å². The standard InChI is InChI=1S/C18H33P.ClH.Pd/c1-4-10-16(11-5-1)19(17-12-6-2-7-13-17)18-14-8-3-9-15-18;;/h16-18H,1-15H2;1H;/q;;+1/p-1.